The van der Waals surface area contributed by atoms with Crippen molar-refractivity contribution in [2.45, 2.75) is 45.8 Å². The lowest BCUT2D eigenvalue weighted by Crippen LogP contribution is -2.07. The van der Waals surface area contributed by atoms with Crippen LogP contribution in [0.1, 0.15) is 49.5 Å². The van der Waals surface area contributed by atoms with Crippen molar-refractivity contribution in [2.24, 2.45) is 0 Å². The molecular formula is C19H26O4. The number of rotatable bonds is 9. The summed E-state index contributed by atoms with van der Waals surface area (Å²) < 4.78 is 16.0. The molecule has 0 bridgehead atoms. The molecule has 1 aliphatic heterocycles. The topological polar surface area (TPSA) is 48.1 Å². The summed E-state index contributed by atoms with van der Waals surface area (Å²) in [6.07, 6.45) is 5.45. The Morgan fingerprint density at radius 2 is 2.26 bits per heavy atom. The Hall–Kier alpha value is -1.65. The minimum Gasteiger partial charge on any atom is -0.466 e. The van der Waals surface area contributed by atoms with Gasteiger partial charge < -0.3 is 14.2 Å². The maximum atomic E-state index is 11.3. The molecule has 0 radical (unpaired) electrons. The van der Waals surface area contributed by atoms with E-state index in [0.717, 1.165) is 17.7 Å². The number of hydrogen-bond acceptors (Lipinski definition) is 4. The van der Waals surface area contributed by atoms with Gasteiger partial charge in [0.1, 0.15) is 6.10 Å². The second-order valence-electron chi connectivity index (χ2n) is 5.81. The van der Waals surface area contributed by atoms with Crippen molar-refractivity contribution in [3.05, 3.63) is 41.0 Å². The second kappa shape index (κ2) is 8.85. The molecule has 1 aromatic rings. The van der Waals surface area contributed by atoms with E-state index >= 15 is 0 Å². The van der Waals surface area contributed by atoms with Crippen molar-refractivity contribution in [1.29, 1.82) is 0 Å². The molecule has 0 aliphatic carbocycles. The smallest absolute Gasteiger partial charge is 0.306 e. The lowest BCUT2D eigenvalue weighted by Gasteiger charge is -2.16. The first kappa shape index (κ1) is 17.7. The Morgan fingerprint density at radius 3 is 2.96 bits per heavy atom. The molecule has 2 atom stereocenters. The molecule has 0 unspecified atom stereocenters. The van der Waals surface area contributed by atoms with Crippen LogP contribution < -0.4 is 0 Å². The van der Waals surface area contributed by atoms with Crippen molar-refractivity contribution in [1.82, 2.24) is 0 Å². The van der Waals surface area contributed by atoms with Gasteiger partial charge in [-0.15, -0.1) is 0 Å². The first-order valence-electron chi connectivity index (χ1n) is 8.26. The zero-order valence-electron chi connectivity index (χ0n) is 14.2. The molecule has 1 fully saturated rings. The predicted molar refractivity (Wildman–Crippen MR) is 90.2 cm³/mol. The SMILES string of the molecule is CCOC(=O)CCC=Cc1ccc(C)cc1[C@@H](C)OC[C@H]1CO1. The summed E-state index contributed by atoms with van der Waals surface area (Å²) in [5.41, 5.74) is 3.50. The van der Waals surface area contributed by atoms with E-state index in [0.29, 0.717) is 26.1 Å². The van der Waals surface area contributed by atoms with Gasteiger partial charge >= 0.3 is 5.97 Å². The number of aryl methyl sites for hydroxylation is 1. The summed E-state index contributed by atoms with van der Waals surface area (Å²) >= 11 is 0. The van der Waals surface area contributed by atoms with E-state index in [9.17, 15) is 4.79 Å². The van der Waals surface area contributed by atoms with Crippen molar-refractivity contribution in [3.63, 3.8) is 0 Å². The highest BCUT2D eigenvalue weighted by Gasteiger charge is 2.24. The second-order valence-corrected chi connectivity index (χ2v) is 5.81. The van der Waals surface area contributed by atoms with E-state index in [-0.39, 0.29) is 18.2 Å². The van der Waals surface area contributed by atoms with Crippen LogP contribution >= 0.6 is 0 Å². The normalized spacial score (nSPS) is 18.1. The van der Waals surface area contributed by atoms with Crippen molar-refractivity contribution >= 4 is 12.0 Å². The van der Waals surface area contributed by atoms with Crippen LogP contribution in [-0.4, -0.2) is 31.9 Å². The van der Waals surface area contributed by atoms with Crippen molar-refractivity contribution in [2.75, 3.05) is 19.8 Å². The molecule has 23 heavy (non-hydrogen) atoms. The molecule has 0 saturated carbocycles. The maximum Gasteiger partial charge on any atom is 0.306 e. The summed E-state index contributed by atoms with van der Waals surface area (Å²) in [5.74, 6) is -0.151. The fraction of sp³-hybridized carbons (Fsp3) is 0.526. The van der Waals surface area contributed by atoms with Gasteiger partial charge in [-0.1, -0.05) is 35.9 Å². The Morgan fingerprint density at radius 1 is 1.48 bits per heavy atom. The van der Waals surface area contributed by atoms with E-state index in [4.69, 9.17) is 14.2 Å². The van der Waals surface area contributed by atoms with Gasteiger partial charge in [0.2, 0.25) is 0 Å². The van der Waals surface area contributed by atoms with E-state index in [1.807, 2.05) is 13.0 Å². The lowest BCUT2D eigenvalue weighted by atomic mass is 9.99. The number of epoxide rings is 1. The maximum absolute atomic E-state index is 11.3. The summed E-state index contributed by atoms with van der Waals surface area (Å²) in [7, 11) is 0. The number of ether oxygens (including phenoxy) is 3. The quantitative estimate of drug-likeness (QED) is 0.513. The third-order valence-corrected chi connectivity index (χ3v) is 3.73. The van der Waals surface area contributed by atoms with Crippen LogP contribution in [0.3, 0.4) is 0 Å². The van der Waals surface area contributed by atoms with Gasteiger partial charge in [-0.25, -0.2) is 0 Å². The Balaban J connectivity index is 1.95. The summed E-state index contributed by atoms with van der Waals surface area (Å²) in [6, 6.07) is 6.34. The molecule has 0 amide bonds. The zero-order valence-corrected chi connectivity index (χ0v) is 14.2. The van der Waals surface area contributed by atoms with Gasteiger partial charge in [-0.3, -0.25) is 4.79 Å². The minimum atomic E-state index is -0.151. The third kappa shape index (κ3) is 6.16. The Bertz CT molecular complexity index is 546. The fourth-order valence-electron chi connectivity index (χ4n) is 2.35. The molecule has 0 spiro atoms. The third-order valence-electron chi connectivity index (χ3n) is 3.73. The standard InChI is InChI=1S/C19H26O4/c1-4-21-19(20)8-6-5-7-16-10-9-14(2)11-18(16)15(3)22-12-17-13-23-17/h5,7,9-11,15,17H,4,6,8,12-13H2,1-3H3/t15-,17+/m1/s1. The molecule has 1 aromatic carbocycles. The molecule has 4 heteroatoms. The number of carbonyl (C=O) groups excluding carboxylic acids is 1. The van der Waals surface area contributed by atoms with E-state index in [1.54, 1.807) is 0 Å². The molecule has 0 N–H and O–H groups in total. The van der Waals surface area contributed by atoms with Crippen molar-refractivity contribution in [3.8, 4) is 0 Å². The Labute approximate surface area is 138 Å². The average Bonchev–Trinajstić information content (AvgIpc) is 3.35. The fourth-order valence-corrected chi connectivity index (χ4v) is 2.35. The number of allylic oxidation sites excluding steroid dienone is 1. The molecule has 1 saturated heterocycles. The number of hydrogen-bond donors (Lipinski definition) is 0. The van der Waals surface area contributed by atoms with Crippen LogP contribution in [-0.2, 0) is 19.0 Å². The number of esters is 1. The van der Waals surface area contributed by atoms with Gasteiger partial charge in [-0.2, -0.15) is 0 Å². The van der Waals surface area contributed by atoms with Crippen molar-refractivity contribution < 1.29 is 19.0 Å². The van der Waals surface area contributed by atoms with Crippen LogP contribution in [0, 0.1) is 6.92 Å². The molecular weight excluding hydrogens is 292 g/mol. The zero-order chi connectivity index (χ0) is 16.7. The highest BCUT2D eigenvalue weighted by atomic mass is 16.6. The summed E-state index contributed by atoms with van der Waals surface area (Å²) in [4.78, 5) is 11.3. The minimum absolute atomic E-state index is 0.0174. The van der Waals surface area contributed by atoms with Gasteiger partial charge in [0.05, 0.1) is 25.9 Å². The summed E-state index contributed by atoms with van der Waals surface area (Å²) in [6.45, 7) is 7.84. The van der Waals surface area contributed by atoms with Crippen LogP contribution in [0.15, 0.2) is 24.3 Å². The average molecular weight is 318 g/mol. The molecule has 126 valence electrons. The molecule has 4 nitrogen and oxygen atoms in total. The van der Waals surface area contributed by atoms with Gasteiger partial charge in [-0.05, 0) is 38.3 Å². The first-order valence-corrected chi connectivity index (χ1v) is 8.26. The van der Waals surface area contributed by atoms with Crippen LogP contribution in [0.5, 0.6) is 0 Å². The Kier molecular flexibility index (Phi) is 6.81. The largest absolute Gasteiger partial charge is 0.466 e. The van der Waals surface area contributed by atoms with Crippen LogP contribution in [0.4, 0.5) is 0 Å². The summed E-state index contributed by atoms with van der Waals surface area (Å²) in [5, 5.41) is 0. The van der Waals surface area contributed by atoms with E-state index in [1.165, 1.54) is 5.56 Å². The first-order chi connectivity index (χ1) is 11.1. The highest BCUT2D eigenvalue weighted by Crippen LogP contribution is 2.25. The van der Waals surface area contributed by atoms with Crippen LogP contribution in [0.2, 0.25) is 0 Å². The van der Waals surface area contributed by atoms with Gasteiger partial charge in [0.25, 0.3) is 0 Å². The molecule has 1 heterocycles. The van der Waals surface area contributed by atoms with E-state index < -0.39 is 0 Å². The van der Waals surface area contributed by atoms with Gasteiger partial charge in [0, 0.05) is 6.42 Å². The van der Waals surface area contributed by atoms with E-state index in [2.05, 4.69) is 38.1 Å². The molecule has 2 rings (SSSR count). The van der Waals surface area contributed by atoms with Crippen LogP contribution in [0.25, 0.3) is 6.08 Å². The lowest BCUT2D eigenvalue weighted by molar-refractivity contribution is -0.142. The monoisotopic (exact) mass is 318 g/mol. The molecule has 1 aliphatic rings. The van der Waals surface area contributed by atoms with Gasteiger partial charge in [0.15, 0.2) is 0 Å². The molecule has 0 aromatic heterocycles. The predicted octanol–water partition coefficient (Wildman–Crippen LogP) is 3.83. The highest BCUT2D eigenvalue weighted by molar-refractivity contribution is 5.69. The number of benzene rings is 1. The number of carbonyl (C=O) groups is 1.